The van der Waals surface area contributed by atoms with E-state index < -0.39 is 0 Å². The van der Waals surface area contributed by atoms with Crippen LogP contribution in [0.15, 0.2) is 66.2 Å². The summed E-state index contributed by atoms with van der Waals surface area (Å²) < 4.78 is 0. The predicted molar refractivity (Wildman–Crippen MR) is 82.6 cm³/mol. The van der Waals surface area contributed by atoms with Crippen LogP contribution in [0.25, 0.3) is 5.57 Å². The molecule has 0 bridgehead atoms. The van der Waals surface area contributed by atoms with Crippen LogP contribution >= 0.6 is 0 Å². The standard InChI is InChI=1S/C19H18O/c20-19(17-13-5-2-6-14-17)18(16-11-7-8-12-16)15-9-3-1-4-10-15/h1-6,9-10,13-14H,7-8,11-12H2. The fourth-order valence-electron chi connectivity index (χ4n) is 2.89. The zero-order valence-corrected chi connectivity index (χ0v) is 11.5. The fraction of sp³-hybridized carbons (Fsp3) is 0.211. The first-order valence-electron chi connectivity index (χ1n) is 7.23. The number of hydrogen-bond donors (Lipinski definition) is 0. The van der Waals surface area contributed by atoms with Gasteiger partial charge in [0.1, 0.15) is 0 Å². The molecule has 1 nitrogen and oxygen atoms in total. The molecule has 0 atom stereocenters. The fourth-order valence-corrected chi connectivity index (χ4v) is 2.89. The van der Waals surface area contributed by atoms with Crippen molar-refractivity contribution in [2.24, 2.45) is 0 Å². The number of allylic oxidation sites excluding steroid dienone is 2. The monoisotopic (exact) mass is 262 g/mol. The number of rotatable bonds is 3. The third kappa shape index (κ3) is 2.57. The van der Waals surface area contributed by atoms with Gasteiger partial charge in [0.2, 0.25) is 0 Å². The van der Waals surface area contributed by atoms with Crippen molar-refractivity contribution in [2.75, 3.05) is 0 Å². The first-order chi connectivity index (χ1) is 9.86. The van der Waals surface area contributed by atoms with Crippen LogP contribution in [-0.2, 0) is 0 Å². The van der Waals surface area contributed by atoms with E-state index in [-0.39, 0.29) is 5.78 Å². The van der Waals surface area contributed by atoms with Crippen molar-refractivity contribution in [1.29, 1.82) is 0 Å². The average molecular weight is 262 g/mol. The molecule has 1 aliphatic rings. The van der Waals surface area contributed by atoms with E-state index in [2.05, 4.69) is 0 Å². The summed E-state index contributed by atoms with van der Waals surface area (Å²) in [4.78, 5) is 12.9. The second-order valence-corrected chi connectivity index (χ2v) is 5.25. The smallest absolute Gasteiger partial charge is 0.193 e. The van der Waals surface area contributed by atoms with Crippen LogP contribution in [0.4, 0.5) is 0 Å². The molecule has 0 spiro atoms. The molecule has 0 heterocycles. The Balaban J connectivity index is 2.08. The zero-order chi connectivity index (χ0) is 13.8. The van der Waals surface area contributed by atoms with Gasteiger partial charge >= 0.3 is 0 Å². The Morgan fingerprint density at radius 2 is 1.20 bits per heavy atom. The summed E-state index contributed by atoms with van der Waals surface area (Å²) in [5, 5.41) is 0. The van der Waals surface area contributed by atoms with Crippen molar-refractivity contribution in [2.45, 2.75) is 25.7 Å². The normalized spacial score (nSPS) is 14.3. The Hall–Kier alpha value is -2.15. The van der Waals surface area contributed by atoms with E-state index in [1.807, 2.05) is 60.7 Å². The van der Waals surface area contributed by atoms with Gasteiger partial charge in [-0.3, -0.25) is 4.79 Å². The van der Waals surface area contributed by atoms with Crippen LogP contribution in [0.3, 0.4) is 0 Å². The topological polar surface area (TPSA) is 17.1 Å². The average Bonchev–Trinajstić information content (AvgIpc) is 3.03. The summed E-state index contributed by atoms with van der Waals surface area (Å²) in [6.07, 6.45) is 4.52. The third-order valence-corrected chi connectivity index (χ3v) is 3.89. The quantitative estimate of drug-likeness (QED) is 0.568. The van der Waals surface area contributed by atoms with Crippen LogP contribution in [0.5, 0.6) is 0 Å². The molecule has 1 saturated carbocycles. The summed E-state index contributed by atoms with van der Waals surface area (Å²) in [5.41, 5.74) is 4.09. The van der Waals surface area contributed by atoms with Crippen molar-refractivity contribution in [3.8, 4) is 0 Å². The molecule has 0 unspecified atom stereocenters. The molecule has 100 valence electrons. The lowest BCUT2D eigenvalue weighted by molar-refractivity contribution is 0.105. The highest BCUT2D eigenvalue weighted by atomic mass is 16.1. The lowest BCUT2D eigenvalue weighted by Crippen LogP contribution is -2.05. The Morgan fingerprint density at radius 1 is 0.700 bits per heavy atom. The summed E-state index contributed by atoms with van der Waals surface area (Å²) in [7, 11) is 0. The molecule has 20 heavy (non-hydrogen) atoms. The first-order valence-corrected chi connectivity index (χ1v) is 7.23. The molecular weight excluding hydrogens is 244 g/mol. The minimum Gasteiger partial charge on any atom is -0.289 e. The van der Waals surface area contributed by atoms with Crippen LogP contribution in [-0.4, -0.2) is 5.78 Å². The minimum absolute atomic E-state index is 0.161. The van der Waals surface area contributed by atoms with Gasteiger partial charge in [0, 0.05) is 11.1 Å². The van der Waals surface area contributed by atoms with E-state index >= 15 is 0 Å². The van der Waals surface area contributed by atoms with Crippen molar-refractivity contribution in [1.82, 2.24) is 0 Å². The predicted octanol–water partition coefficient (Wildman–Crippen LogP) is 4.90. The Kier molecular flexibility index (Phi) is 3.78. The Morgan fingerprint density at radius 3 is 1.75 bits per heavy atom. The molecule has 0 amide bonds. The molecule has 1 fully saturated rings. The van der Waals surface area contributed by atoms with Crippen molar-refractivity contribution < 1.29 is 4.79 Å². The second kappa shape index (κ2) is 5.87. The van der Waals surface area contributed by atoms with Gasteiger partial charge < -0.3 is 0 Å². The maximum Gasteiger partial charge on any atom is 0.193 e. The number of Topliss-reactive ketones (excluding diaryl/α,β-unsaturated/α-hetero) is 1. The molecule has 0 radical (unpaired) electrons. The largest absolute Gasteiger partial charge is 0.289 e. The second-order valence-electron chi connectivity index (χ2n) is 5.25. The van der Waals surface area contributed by atoms with Gasteiger partial charge in [0.25, 0.3) is 0 Å². The van der Waals surface area contributed by atoms with Crippen molar-refractivity contribution in [3.63, 3.8) is 0 Å². The number of benzene rings is 2. The molecule has 2 aromatic rings. The van der Waals surface area contributed by atoms with Gasteiger partial charge in [0.15, 0.2) is 5.78 Å². The molecule has 2 aromatic carbocycles. The maximum atomic E-state index is 12.9. The van der Waals surface area contributed by atoms with E-state index in [0.29, 0.717) is 0 Å². The molecule has 0 aromatic heterocycles. The highest BCUT2D eigenvalue weighted by Gasteiger charge is 2.20. The highest BCUT2D eigenvalue weighted by Crippen LogP contribution is 2.33. The Labute approximate surface area is 120 Å². The Bertz CT molecular complexity index is 615. The summed E-state index contributed by atoms with van der Waals surface area (Å²) in [5.74, 6) is 0.161. The molecule has 1 aliphatic carbocycles. The maximum absolute atomic E-state index is 12.9. The molecule has 1 heteroatoms. The van der Waals surface area contributed by atoms with E-state index in [1.165, 1.54) is 18.4 Å². The van der Waals surface area contributed by atoms with Crippen molar-refractivity contribution >= 4 is 11.4 Å². The third-order valence-electron chi connectivity index (χ3n) is 3.89. The van der Waals surface area contributed by atoms with E-state index in [0.717, 1.165) is 29.5 Å². The molecule has 0 aliphatic heterocycles. The lowest BCUT2D eigenvalue weighted by atomic mass is 9.91. The van der Waals surface area contributed by atoms with Gasteiger partial charge in [-0.15, -0.1) is 0 Å². The van der Waals surface area contributed by atoms with Gasteiger partial charge in [-0.2, -0.15) is 0 Å². The number of carbonyl (C=O) groups excluding carboxylic acids is 1. The van der Waals surface area contributed by atoms with Crippen LogP contribution in [0, 0.1) is 0 Å². The van der Waals surface area contributed by atoms with Crippen LogP contribution in [0.2, 0.25) is 0 Å². The van der Waals surface area contributed by atoms with Crippen LogP contribution < -0.4 is 0 Å². The number of hydrogen-bond acceptors (Lipinski definition) is 1. The summed E-state index contributed by atoms with van der Waals surface area (Å²) in [6, 6.07) is 19.7. The van der Waals surface area contributed by atoms with E-state index in [1.54, 1.807) is 0 Å². The minimum atomic E-state index is 0.161. The van der Waals surface area contributed by atoms with Gasteiger partial charge in [-0.1, -0.05) is 66.2 Å². The molecule has 0 saturated heterocycles. The van der Waals surface area contributed by atoms with Gasteiger partial charge in [-0.05, 0) is 31.2 Å². The summed E-state index contributed by atoms with van der Waals surface area (Å²) >= 11 is 0. The highest BCUT2D eigenvalue weighted by molar-refractivity contribution is 6.29. The van der Waals surface area contributed by atoms with Crippen molar-refractivity contribution in [3.05, 3.63) is 77.4 Å². The summed E-state index contributed by atoms with van der Waals surface area (Å²) in [6.45, 7) is 0. The molecule has 0 N–H and O–H groups in total. The number of carbonyl (C=O) groups is 1. The molecular formula is C19H18O. The van der Waals surface area contributed by atoms with Crippen LogP contribution in [0.1, 0.15) is 41.6 Å². The van der Waals surface area contributed by atoms with Gasteiger partial charge in [0.05, 0.1) is 0 Å². The lowest BCUT2D eigenvalue weighted by Gasteiger charge is -2.11. The molecule has 3 rings (SSSR count). The first kappa shape index (κ1) is 12.9. The number of ketones is 1. The van der Waals surface area contributed by atoms with E-state index in [9.17, 15) is 4.79 Å². The van der Waals surface area contributed by atoms with Gasteiger partial charge in [-0.25, -0.2) is 0 Å². The zero-order valence-electron chi connectivity index (χ0n) is 11.5. The SMILES string of the molecule is O=C(C(=C1CCCC1)c1ccccc1)c1ccccc1. The van der Waals surface area contributed by atoms with E-state index in [4.69, 9.17) is 0 Å².